The highest BCUT2D eigenvalue weighted by Gasteiger charge is 2.35. The van der Waals surface area contributed by atoms with Crippen molar-refractivity contribution in [1.29, 1.82) is 0 Å². The first-order valence-electron chi connectivity index (χ1n) is 10.4. The van der Waals surface area contributed by atoms with Crippen LogP contribution in [0.2, 0.25) is 0 Å². The summed E-state index contributed by atoms with van der Waals surface area (Å²) in [6.45, 7) is 9.97. The van der Waals surface area contributed by atoms with Crippen molar-refractivity contribution in [3.8, 4) is 0 Å². The van der Waals surface area contributed by atoms with Crippen molar-refractivity contribution >= 4 is 11.7 Å². The number of rotatable bonds is 5. The van der Waals surface area contributed by atoms with Gasteiger partial charge < -0.3 is 4.74 Å². The largest absolute Gasteiger partial charge is 0.458 e. The molecule has 1 saturated carbocycles. The van der Waals surface area contributed by atoms with E-state index >= 15 is 0 Å². The van der Waals surface area contributed by atoms with Gasteiger partial charge in [-0.15, -0.1) is 0 Å². The van der Waals surface area contributed by atoms with Crippen LogP contribution < -0.4 is 0 Å². The second-order valence-corrected chi connectivity index (χ2v) is 8.70. The Morgan fingerprint density at radius 1 is 1.00 bits per heavy atom. The van der Waals surface area contributed by atoms with E-state index in [-0.39, 0.29) is 11.9 Å². The van der Waals surface area contributed by atoms with Gasteiger partial charge in [0.1, 0.15) is 5.60 Å². The van der Waals surface area contributed by atoms with Crippen molar-refractivity contribution in [2.24, 2.45) is 10.9 Å². The molecule has 1 aliphatic carbocycles. The molecule has 2 unspecified atom stereocenters. The Morgan fingerprint density at radius 2 is 1.55 bits per heavy atom. The Hall–Kier alpha value is -2.68. The summed E-state index contributed by atoms with van der Waals surface area (Å²) in [5, 5.41) is 0. The molecule has 0 aliphatic heterocycles. The van der Waals surface area contributed by atoms with Gasteiger partial charge in [-0.1, -0.05) is 79.2 Å². The fraction of sp³-hybridized carbons (Fsp3) is 0.385. The zero-order valence-electron chi connectivity index (χ0n) is 17.7. The minimum atomic E-state index is -0.586. The van der Waals surface area contributed by atoms with Gasteiger partial charge in [0.2, 0.25) is 0 Å². The molecule has 0 saturated heterocycles. The molecule has 0 N–H and O–H groups in total. The van der Waals surface area contributed by atoms with E-state index in [1.807, 2.05) is 81.4 Å². The highest BCUT2D eigenvalue weighted by molar-refractivity contribution is 6.13. The fourth-order valence-corrected chi connectivity index (χ4v) is 3.80. The lowest BCUT2D eigenvalue weighted by atomic mass is 9.80. The summed E-state index contributed by atoms with van der Waals surface area (Å²) in [6.07, 6.45) is 4.09. The molecule has 1 aliphatic rings. The number of nitrogens with zero attached hydrogens (tertiary/aromatic N) is 1. The number of hydrogen-bond donors (Lipinski definition) is 0. The van der Waals surface area contributed by atoms with Gasteiger partial charge in [-0.05, 0) is 40.0 Å². The summed E-state index contributed by atoms with van der Waals surface area (Å²) in [6, 6.07) is 19.5. The molecule has 0 heterocycles. The highest BCUT2D eigenvalue weighted by Crippen LogP contribution is 2.33. The summed E-state index contributed by atoms with van der Waals surface area (Å²) in [5.41, 5.74) is 3.36. The SMILES string of the molecule is C=C1CCCCC1C(N=C(c1ccccc1)c1ccccc1)C(=O)OC(C)(C)C. The molecule has 2 aromatic rings. The molecule has 0 radical (unpaired) electrons. The highest BCUT2D eigenvalue weighted by atomic mass is 16.6. The molecular formula is C26H31NO2. The topological polar surface area (TPSA) is 38.7 Å². The van der Waals surface area contributed by atoms with E-state index in [1.54, 1.807) is 0 Å². The Morgan fingerprint density at radius 3 is 2.03 bits per heavy atom. The second-order valence-electron chi connectivity index (χ2n) is 8.70. The quantitative estimate of drug-likeness (QED) is 0.358. The van der Waals surface area contributed by atoms with Gasteiger partial charge in [-0.3, -0.25) is 4.99 Å². The van der Waals surface area contributed by atoms with Crippen LogP contribution in [0.1, 0.15) is 57.6 Å². The standard InChI is InChI=1S/C26H31NO2/c1-19-13-11-12-18-22(19)24(25(28)29-26(2,3)4)27-23(20-14-7-5-8-15-20)21-16-9-6-10-17-21/h5-10,14-17,22,24H,1,11-13,18H2,2-4H3. The maximum atomic E-state index is 13.2. The monoisotopic (exact) mass is 389 g/mol. The molecule has 3 heteroatoms. The van der Waals surface area contributed by atoms with E-state index in [9.17, 15) is 4.79 Å². The first-order valence-corrected chi connectivity index (χ1v) is 10.4. The summed E-state index contributed by atoms with van der Waals surface area (Å²) < 4.78 is 5.79. The van der Waals surface area contributed by atoms with Crippen LogP contribution in [0, 0.1) is 5.92 Å². The molecule has 2 aromatic carbocycles. The molecule has 0 amide bonds. The molecular weight excluding hydrogens is 358 g/mol. The summed E-state index contributed by atoms with van der Waals surface area (Å²) in [7, 11) is 0. The van der Waals surface area contributed by atoms with Gasteiger partial charge in [0.05, 0.1) is 5.71 Å². The van der Waals surface area contributed by atoms with E-state index in [0.717, 1.165) is 48.1 Å². The number of hydrogen-bond acceptors (Lipinski definition) is 3. The Balaban J connectivity index is 2.08. The van der Waals surface area contributed by atoms with E-state index < -0.39 is 11.6 Å². The summed E-state index contributed by atoms with van der Waals surface area (Å²) in [5.74, 6) is -0.254. The molecule has 0 bridgehead atoms. The van der Waals surface area contributed by atoms with Crippen LogP contribution in [0.3, 0.4) is 0 Å². The van der Waals surface area contributed by atoms with Gasteiger partial charge in [0.25, 0.3) is 0 Å². The molecule has 0 aromatic heterocycles. The number of carbonyl (C=O) groups is 1. The van der Waals surface area contributed by atoms with Crippen molar-refractivity contribution in [1.82, 2.24) is 0 Å². The zero-order chi connectivity index (χ0) is 20.9. The first kappa shape index (κ1) is 21.0. The van der Waals surface area contributed by atoms with Crippen LogP contribution in [0.25, 0.3) is 0 Å². The summed E-state index contributed by atoms with van der Waals surface area (Å²) >= 11 is 0. The zero-order valence-corrected chi connectivity index (χ0v) is 17.7. The average molecular weight is 390 g/mol. The number of benzene rings is 2. The van der Waals surface area contributed by atoms with Gasteiger partial charge in [0.15, 0.2) is 6.04 Å². The fourth-order valence-electron chi connectivity index (χ4n) is 3.80. The Bertz CT molecular complexity index is 821. The average Bonchev–Trinajstić information content (AvgIpc) is 2.70. The maximum Gasteiger partial charge on any atom is 0.332 e. The van der Waals surface area contributed by atoms with Crippen molar-refractivity contribution in [3.05, 3.63) is 83.9 Å². The van der Waals surface area contributed by atoms with Crippen molar-refractivity contribution in [2.75, 3.05) is 0 Å². The molecule has 3 nitrogen and oxygen atoms in total. The van der Waals surface area contributed by atoms with Gasteiger partial charge in [-0.2, -0.15) is 0 Å². The normalized spacial score (nSPS) is 18.0. The maximum absolute atomic E-state index is 13.2. The molecule has 29 heavy (non-hydrogen) atoms. The Labute approximate surface area is 174 Å². The summed E-state index contributed by atoms with van der Waals surface area (Å²) in [4.78, 5) is 18.3. The lowest BCUT2D eigenvalue weighted by Crippen LogP contribution is -2.37. The first-order chi connectivity index (χ1) is 13.8. The molecule has 0 spiro atoms. The van der Waals surface area contributed by atoms with Gasteiger partial charge in [0, 0.05) is 17.0 Å². The third-order valence-corrected chi connectivity index (χ3v) is 5.18. The second kappa shape index (κ2) is 9.21. The number of ether oxygens (including phenoxy) is 1. The predicted octanol–water partition coefficient (Wildman–Crippen LogP) is 5.98. The van der Waals surface area contributed by atoms with Crippen LogP contribution in [-0.4, -0.2) is 23.3 Å². The molecule has 2 atom stereocenters. The third-order valence-electron chi connectivity index (χ3n) is 5.18. The minimum Gasteiger partial charge on any atom is -0.458 e. The lowest BCUT2D eigenvalue weighted by Gasteiger charge is -2.31. The molecule has 3 rings (SSSR count). The smallest absolute Gasteiger partial charge is 0.332 e. The van der Waals surface area contributed by atoms with Crippen molar-refractivity contribution in [2.45, 2.75) is 58.1 Å². The molecule has 152 valence electrons. The number of aliphatic imine (C=N–C) groups is 1. The van der Waals surface area contributed by atoms with E-state index in [0.29, 0.717) is 0 Å². The van der Waals surface area contributed by atoms with Gasteiger partial charge >= 0.3 is 5.97 Å². The Kier molecular flexibility index (Phi) is 6.68. The van der Waals surface area contributed by atoms with Crippen LogP contribution in [-0.2, 0) is 9.53 Å². The van der Waals surface area contributed by atoms with Crippen LogP contribution in [0.15, 0.2) is 77.8 Å². The minimum absolute atomic E-state index is 0.0148. The van der Waals surface area contributed by atoms with Crippen LogP contribution in [0.4, 0.5) is 0 Å². The van der Waals surface area contributed by atoms with E-state index in [2.05, 4.69) is 6.58 Å². The van der Waals surface area contributed by atoms with E-state index in [4.69, 9.17) is 9.73 Å². The van der Waals surface area contributed by atoms with Gasteiger partial charge in [-0.25, -0.2) is 4.79 Å². The van der Waals surface area contributed by atoms with Crippen molar-refractivity contribution < 1.29 is 9.53 Å². The third kappa shape index (κ3) is 5.66. The van der Waals surface area contributed by atoms with Crippen LogP contribution in [0.5, 0.6) is 0 Å². The lowest BCUT2D eigenvalue weighted by molar-refractivity contribution is -0.157. The van der Waals surface area contributed by atoms with E-state index in [1.165, 1.54) is 0 Å². The molecule has 1 fully saturated rings. The van der Waals surface area contributed by atoms with Crippen LogP contribution >= 0.6 is 0 Å². The number of carbonyl (C=O) groups excluding carboxylic acids is 1. The predicted molar refractivity (Wildman–Crippen MR) is 119 cm³/mol. The van der Waals surface area contributed by atoms with Crippen molar-refractivity contribution in [3.63, 3.8) is 0 Å². The number of esters is 1.